The highest BCUT2D eigenvalue weighted by molar-refractivity contribution is 9.10. The van der Waals surface area contributed by atoms with Gasteiger partial charge in [-0.3, -0.25) is 4.79 Å². The van der Waals surface area contributed by atoms with Gasteiger partial charge in [-0.1, -0.05) is 15.9 Å². The number of nitrogens with zero attached hydrogens (tertiary/aromatic N) is 2. The molecule has 1 N–H and O–H groups in total. The highest BCUT2D eigenvalue weighted by Gasteiger charge is 2.07. The van der Waals surface area contributed by atoms with Crippen LogP contribution in [0.4, 0.5) is 5.69 Å². The number of halogens is 1. The minimum atomic E-state index is -0.861. The number of carbonyl (C=O) groups is 1. The number of anilines is 1. The van der Waals surface area contributed by atoms with Gasteiger partial charge in [-0.05, 0) is 24.3 Å². The zero-order valence-electron chi connectivity index (χ0n) is 8.56. The number of carboxylic acids is 1. The van der Waals surface area contributed by atoms with E-state index >= 15 is 0 Å². The van der Waals surface area contributed by atoms with E-state index in [0.717, 1.165) is 10.2 Å². The highest BCUT2D eigenvalue weighted by Crippen LogP contribution is 2.18. The molecule has 0 saturated heterocycles. The van der Waals surface area contributed by atoms with Crippen molar-refractivity contribution in [2.45, 2.75) is 6.42 Å². The molecule has 84 valence electrons. The molecule has 0 saturated carbocycles. The average molecular weight is 283 g/mol. The van der Waals surface area contributed by atoms with Crippen LogP contribution in [-0.2, 0) is 4.79 Å². The molecular weight excluding hydrogens is 272 g/mol. The molecule has 0 amide bonds. The molecule has 1 aromatic carbocycles. The Morgan fingerprint density at radius 3 is 2.56 bits per heavy atom. The summed E-state index contributed by atoms with van der Waals surface area (Å²) in [6.45, 7) is 0.527. The van der Waals surface area contributed by atoms with Crippen LogP contribution in [0.5, 0.6) is 0 Å². The summed E-state index contributed by atoms with van der Waals surface area (Å²) in [4.78, 5) is 12.2. The number of hydrogen-bond donors (Lipinski definition) is 1. The fourth-order valence-electron chi connectivity index (χ4n) is 1.27. The van der Waals surface area contributed by atoms with E-state index in [1.54, 1.807) is 4.90 Å². The van der Waals surface area contributed by atoms with E-state index < -0.39 is 5.97 Å². The summed E-state index contributed by atoms with van der Waals surface area (Å²) in [6.07, 6.45) is 0.0255. The predicted octanol–water partition coefficient (Wildman–Crippen LogP) is 2.25. The highest BCUT2D eigenvalue weighted by atomic mass is 79.9. The Balaban J connectivity index is 2.73. The van der Waals surface area contributed by atoms with Crippen molar-refractivity contribution in [3.63, 3.8) is 0 Å². The predicted molar refractivity (Wildman–Crippen MR) is 64.2 cm³/mol. The maximum atomic E-state index is 10.5. The van der Waals surface area contributed by atoms with Crippen LogP contribution in [0.2, 0.25) is 0 Å². The van der Waals surface area contributed by atoms with Gasteiger partial charge in [0, 0.05) is 16.7 Å². The quantitative estimate of drug-likeness (QED) is 0.842. The van der Waals surface area contributed by atoms with Crippen molar-refractivity contribution in [3.8, 4) is 6.07 Å². The summed E-state index contributed by atoms with van der Waals surface area (Å²) < 4.78 is 0.950. The first-order valence-electron chi connectivity index (χ1n) is 4.72. The smallest absolute Gasteiger partial charge is 0.305 e. The van der Waals surface area contributed by atoms with E-state index in [4.69, 9.17) is 10.4 Å². The summed E-state index contributed by atoms with van der Waals surface area (Å²) in [5, 5.41) is 17.3. The van der Waals surface area contributed by atoms with Crippen molar-refractivity contribution in [2.75, 3.05) is 18.0 Å². The third kappa shape index (κ3) is 3.91. The lowest BCUT2D eigenvalue weighted by molar-refractivity contribution is -0.136. The van der Waals surface area contributed by atoms with Gasteiger partial charge in [-0.15, -0.1) is 0 Å². The van der Waals surface area contributed by atoms with Crippen molar-refractivity contribution in [3.05, 3.63) is 28.7 Å². The van der Waals surface area contributed by atoms with Gasteiger partial charge in [0.1, 0.15) is 6.54 Å². The summed E-state index contributed by atoms with van der Waals surface area (Å²) in [5.41, 5.74) is 0.853. The molecule has 0 aliphatic carbocycles. The lowest BCUT2D eigenvalue weighted by Gasteiger charge is -2.20. The minimum Gasteiger partial charge on any atom is -0.481 e. The molecule has 5 heteroatoms. The van der Waals surface area contributed by atoms with Crippen molar-refractivity contribution in [2.24, 2.45) is 0 Å². The minimum absolute atomic E-state index is 0.0255. The third-order valence-electron chi connectivity index (χ3n) is 2.05. The van der Waals surface area contributed by atoms with E-state index in [1.807, 2.05) is 30.3 Å². The van der Waals surface area contributed by atoms with Crippen LogP contribution in [0.25, 0.3) is 0 Å². The zero-order valence-corrected chi connectivity index (χ0v) is 10.1. The number of rotatable bonds is 5. The van der Waals surface area contributed by atoms with Gasteiger partial charge in [0.05, 0.1) is 12.5 Å². The van der Waals surface area contributed by atoms with Crippen LogP contribution in [0, 0.1) is 11.3 Å². The van der Waals surface area contributed by atoms with Gasteiger partial charge in [0.2, 0.25) is 0 Å². The average Bonchev–Trinajstić information content (AvgIpc) is 2.25. The van der Waals surface area contributed by atoms with Crippen LogP contribution in [0.3, 0.4) is 0 Å². The summed E-state index contributed by atoms with van der Waals surface area (Å²) in [6, 6.07) is 9.45. The van der Waals surface area contributed by atoms with Crippen molar-refractivity contribution in [1.29, 1.82) is 5.26 Å². The van der Waals surface area contributed by atoms with Gasteiger partial charge in [-0.25, -0.2) is 0 Å². The zero-order chi connectivity index (χ0) is 12.0. The second-order valence-electron chi connectivity index (χ2n) is 3.20. The first kappa shape index (κ1) is 12.5. The molecule has 16 heavy (non-hydrogen) atoms. The SMILES string of the molecule is N#CCN(CCC(=O)O)c1ccc(Br)cc1. The van der Waals surface area contributed by atoms with Crippen LogP contribution in [0.1, 0.15) is 6.42 Å². The molecule has 0 aromatic heterocycles. The summed E-state index contributed by atoms with van der Waals surface area (Å²) >= 11 is 3.32. The molecule has 0 spiro atoms. The Hall–Kier alpha value is -1.54. The lowest BCUT2D eigenvalue weighted by Crippen LogP contribution is -2.26. The molecule has 0 unspecified atom stereocenters. The number of benzene rings is 1. The summed E-state index contributed by atoms with van der Waals surface area (Å²) in [5.74, 6) is -0.861. The largest absolute Gasteiger partial charge is 0.481 e. The fraction of sp³-hybridized carbons (Fsp3) is 0.273. The number of carboxylic acid groups (broad SMARTS) is 1. The molecule has 0 fully saturated rings. The Morgan fingerprint density at radius 2 is 2.06 bits per heavy atom. The molecule has 0 heterocycles. The van der Waals surface area contributed by atoms with Gasteiger partial charge < -0.3 is 10.0 Å². The Morgan fingerprint density at radius 1 is 1.44 bits per heavy atom. The number of nitriles is 1. The topological polar surface area (TPSA) is 64.3 Å². The van der Waals surface area contributed by atoms with Crippen molar-refractivity contribution >= 4 is 27.6 Å². The molecule has 0 aliphatic rings. The van der Waals surface area contributed by atoms with Gasteiger partial charge in [0.15, 0.2) is 0 Å². The molecule has 0 aliphatic heterocycles. The number of hydrogen-bond acceptors (Lipinski definition) is 3. The first-order valence-corrected chi connectivity index (χ1v) is 5.52. The van der Waals surface area contributed by atoms with Crippen molar-refractivity contribution in [1.82, 2.24) is 0 Å². The lowest BCUT2D eigenvalue weighted by atomic mass is 10.2. The maximum absolute atomic E-state index is 10.5. The molecule has 1 rings (SSSR count). The van der Waals surface area contributed by atoms with Crippen molar-refractivity contribution < 1.29 is 9.90 Å². The maximum Gasteiger partial charge on any atom is 0.305 e. The Bertz CT molecular complexity index is 397. The van der Waals surface area contributed by atoms with E-state index in [0.29, 0.717) is 6.54 Å². The van der Waals surface area contributed by atoms with Crippen LogP contribution >= 0.6 is 15.9 Å². The molecule has 4 nitrogen and oxygen atoms in total. The molecule has 1 aromatic rings. The number of aliphatic carboxylic acids is 1. The van der Waals surface area contributed by atoms with Gasteiger partial charge in [-0.2, -0.15) is 5.26 Å². The molecule has 0 bridgehead atoms. The van der Waals surface area contributed by atoms with Gasteiger partial charge in [0.25, 0.3) is 0 Å². The second kappa shape index (κ2) is 6.13. The van der Waals surface area contributed by atoms with E-state index in [9.17, 15) is 4.79 Å². The first-order chi connectivity index (χ1) is 7.63. The Labute approximate surface area is 102 Å². The van der Waals surface area contributed by atoms with Crippen LogP contribution < -0.4 is 4.90 Å². The Kier molecular flexibility index (Phi) is 4.80. The van der Waals surface area contributed by atoms with Crippen LogP contribution in [-0.4, -0.2) is 24.2 Å². The normalized spacial score (nSPS) is 9.50. The standard InChI is InChI=1S/C11H11BrN2O2/c12-9-1-3-10(4-2-9)14(8-6-13)7-5-11(15)16/h1-4H,5,7-8H2,(H,15,16). The third-order valence-corrected chi connectivity index (χ3v) is 2.58. The van der Waals surface area contributed by atoms with E-state index in [1.165, 1.54) is 0 Å². The summed E-state index contributed by atoms with van der Waals surface area (Å²) in [7, 11) is 0. The van der Waals surface area contributed by atoms with E-state index in [-0.39, 0.29) is 13.0 Å². The second-order valence-corrected chi connectivity index (χ2v) is 4.12. The van der Waals surface area contributed by atoms with E-state index in [2.05, 4.69) is 15.9 Å². The fourth-order valence-corrected chi connectivity index (χ4v) is 1.53. The molecule has 0 atom stereocenters. The monoisotopic (exact) mass is 282 g/mol. The molecule has 0 radical (unpaired) electrons. The van der Waals surface area contributed by atoms with Gasteiger partial charge >= 0.3 is 5.97 Å². The van der Waals surface area contributed by atoms with Crippen LogP contribution in [0.15, 0.2) is 28.7 Å². The molecular formula is C11H11BrN2O2.